The Balaban J connectivity index is 1.97. The summed E-state index contributed by atoms with van der Waals surface area (Å²) in [6.07, 6.45) is 1.67. The molecule has 0 heterocycles. The molecule has 5 nitrogen and oxygen atoms in total. The number of carbonyl (C=O) groups is 2. The third kappa shape index (κ3) is 3.57. The van der Waals surface area contributed by atoms with Gasteiger partial charge in [-0.05, 0) is 37.8 Å². The minimum atomic E-state index is -1.24. The van der Waals surface area contributed by atoms with Crippen LogP contribution in [0.15, 0.2) is 30.3 Å². The van der Waals surface area contributed by atoms with Crippen LogP contribution in [-0.4, -0.2) is 36.1 Å². The van der Waals surface area contributed by atoms with E-state index in [4.69, 9.17) is 0 Å². The van der Waals surface area contributed by atoms with E-state index in [0.717, 1.165) is 12.8 Å². The van der Waals surface area contributed by atoms with E-state index in [9.17, 15) is 14.7 Å². The number of hydrogen-bond donors (Lipinski definition) is 2. The molecule has 0 saturated heterocycles. The van der Waals surface area contributed by atoms with Crippen LogP contribution in [0.2, 0.25) is 0 Å². The van der Waals surface area contributed by atoms with Gasteiger partial charge in [-0.1, -0.05) is 18.2 Å². The zero-order valence-corrected chi connectivity index (χ0v) is 11.5. The number of nitrogens with zero attached hydrogens (tertiary/aromatic N) is 1. The van der Waals surface area contributed by atoms with Gasteiger partial charge in [-0.15, -0.1) is 0 Å². The Morgan fingerprint density at radius 1 is 1.45 bits per heavy atom. The fourth-order valence-electron chi connectivity index (χ4n) is 2.03. The zero-order chi connectivity index (χ0) is 14.5. The maximum Gasteiger partial charge on any atom is 0.251 e. The molecule has 1 fully saturated rings. The first-order valence-electron chi connectivity index (χ1n) is 6.88. The second-order valence-corrected chi connectivity index (χ2v) is 5.22. The van der Waals surface area contributed by atoms with Crippen LogP contribution in [0.25, 0.3) is 0 Å². The van der Waals surface area contributed by atoms with Gasteiger partial charge in [-0.2, -0.15) is 0 Å². The lowest BCUT2D eigenvalue weighted by Crippen LogP contribution is -2.49. The molecule has 2 amide bonds. The number of nitrogens with one attached hydrogen (secondary N) is 1. The Bertz CT molecular complexity index is 459. The molecule has 1 aliphatic carbocycles. The third-order valence-corrected chi connectivity index (χ3v) is 3.59. The van der Waals surface area contributed by atoms with Crippen molar-refractivity contribution < 1.29 is 14.7 Å². The summed E-state index contributed by atoms with van der Waals surface area (Å²) >= 11 is 0. The number of aliphatic hydroxyl groups excluding tert-OH is 1. The van der Waals surface area contributed by atoms with Crippen LogP contribution in [0, 0.1) is 5.92 Å². The van der Waals surface area contributed by atoms with E-state index in [1.165, 1.54) is 4.90 Å². The second-order valence-electron chi connectivity index (χ2n) is 5.22. The fraction of sp³-hybridized carbons (Fsp3) is 0.467. The van der Waals surface area contributed by atoms with Crippen LogP contribution in [0.1, 0.15) is 19.8 Å². The van der Waals surface area contributed by atoms with E-state index in [1.807, 2.05) is 6.07 Å². The summed E-state index contributed by atoms with van der Waals surface area (Å²) in [6, 6.07) is 8.36. The lowest BCUT2D eigenvalue weighted by Gasteiger charge is -2.28. The molecule has 0 aromatic heterocycles. The number of anilines is 1. The average molecular weight is 276 g/mol. The molecule has 2 N–H and O–H groups in total. The summed E-state index contributed by atoms with van der Waals surface area (Å²) in [5.41, 5.74) is 0.657. The SMILES string of the molecule is CC(C(O)C(=O)NCC1CC1)N(C=O)c1ccccc1. The normalized spacial score (nSPS) is 17.1. The fourth-order valence-corrected chi connectivity index (χ4v) is 2.03. The summed E-state index contributed by atoms with van der Waals surface area (Å²) in [5.74, 6) is 0.130. The van der Waals surface area contributed by atoms with Crippen LogP contribution in [0.4, 0.5) is 5.69 Å². The van der Waals surface area contributed by atoms with Gasteiger partial charge in [-0.25, -0.2) is 0 Å². The molecule has 0 aliphatic heterocycles. The van der Waals surface area contributed by atoms with Crippen molar-refractivity contribution in [1.29, 1.82) is 0 Å². The Kier molecular flexibility index (Phi) is 4.74. The molecule has 1 aromatic carbocycles. The average Bonchev–Trinajstić information content (AvgIpc) is 3.30. The molecule has 2 atom stereocenters. The van der Waals surface area contributed by atoms with E-state index in [1.54, 1.807) is 31.2 Å². The minimum absolute atomic E-state index is 0.424. The van der Waals surface area contributed by atoms with Crippen molar-refractivity contribution in [2.75, 3.05) is 11.4 Å². The lowest BCUT2D eigenvalue weighted by atomic mass is 10.1. The van der Waals surface area contributed by atoms with Crippen molar-refractivity contribution in [3.8, 4) is 0 Å². The number of para-hydroxylation sites is 1. The molecule has 5 heteroatoms. The third-order valence-electron chi connectivity index (χ3n) is 3.59. The van der Waals surface area contributed by atoms with E-state index in [0.29, 0.717) is 24.6 Å². The molecule has 108 valence electrons. The highest BCUT2D eigenvalue weighted by atomic mass is 16.3. The number of carbonyl (C=O) groups excluding carboxylic acids is 2. The zero-order valence-electron chi connectivity index (χ0n) is 11.5. The molecule has 1 aliphatic rings. The maximum absolute atomic E-state index is 11.9. The van der Waals surface area contributed by atoms with Gasteiger partial charge in [0.1, 0.15) is 0 Å². The van der Waals surface area contributed by atoms with Gasteiger partial charge < -0.3 is 15.3 Å². The first-order valence-corrected chi connectivity index (χ1v) is 6.88. The van der Waals surface area contributed by atoms with Crippen molar-refractivity contribution in [2.24, 2.45) is 5.92 Å². The number of benzene rings is 1. The number of hydrogen-bond acceptors (Lipinski definition) is 3. The van der Waals surface area contributed by atoms with E-state index < -0.39 is 18.1 Å². The summed E-state index contributed by atoms with van der Waals surface area (Å²) < 4.78 is 0. The lowest BCUT2D eigenvalue weighted by molar-refractivity contribution is -0.130. The Morgan fingerprint density at radius 3 is 2.65 bits per heavy atom. The van der Waals surface area contributed by atoms with Crippen molar-refractivity contribution in [3.63, 3.8) is 0 Å². The van der Waals surface area contributed by atoms with Gasteiger partial charge in [0, 0.05) is 12.2 Å². The monoisotopic (exact) mass is 276 g/mol. The van der Waals surface area contributed by atoms with Crippen LogP contribution in [0.3, 0.4) is 0 Å². The first kappa shape index (κ1) is 14.5. The predicted molar refractivity (Wildman–Crippen MR) is 76.2 cm³/mol. The van der Waals surface area contributed by atoms with Crippen molar-refractivity contribution in [2.45, 2.75) is 31.9 Å². The van der Waals surface area contributed by atoms with Crippen LogP contribution < -0.4 is 10.2 Å². The van der Waals surface area contributed by atoms with Gasteiger partial charge in [0.2, 0.25) is 6.41 Å². The number of rotatable bonds is 7. The second kappa shape index (κ2) is 6.52. The van der Waals surface area contributed by atoms with Crippen LogP contribution in [-0.2, 0) is 9.59 Å². The van der Waals surface area contributed by atoms with Gasteiger partial charge in [0.15, 0.2) is 6.10 Å². The molecule has 1 aromatic rings. The maximum atomic E-state index is 11.9. The highest BCUT2D eigenvalue weighted by Gasteiger charge is 2.29. The number of aliphatic hydroxyl groups is 1. The van der Waals surface area contributed by atoms with E-state index >= 15 is 0 Å². The molecule has 0 spiro atoms. The van der Waals surface area contributed by atoms with E-state index in [-0.39, 0.29) is 0 Å². The van der Waals surface area contributed by atoms with Gasteiger partial charge in [-0.3, -0.25) is 9.59 Å². The molecule has 1 saturated carbocycles. The summed E-state index contributed by atoms with van der Waals surface area (Å²) in [4.78, 5) is 24.5. The predicted octanol–water partition coefficient (Wildman–Crippen LogP) is 0.925. The smallest absolute Gasteiger partial charge is 0.251 e. The molecule has 2 unspecified atom stereocenters. The molecule has 20 heavy (non-hydrogen) atoms. The van der Waals surface area contributed by atoms with Crippen LogP contribution in [0.5, 0.6) is 0 Å². The summed E-state index contributed by atoms with van der Waals surface area (Å²) in [6.45, 7) is 2.26. The summed E-state index contributed by atoms with van der Waals surface area (Å²) in [7, 11) is 0. The highest BCUT2D eigenvalue weighted by molar-refractivity contribution is 5.84. The summed E-state index contributed by atoms with van der Waals surface area (Å²) in [5, 5.41) is 12.8. The molecule has 2 rings (SSSR count). The molecule has 0 bridgehead atoms. The highest BCUT2D eigenvalue weighted by Crippen LogP contribution is 2.27. The Hall–Kier alpha value is -1.88. The van der Waals surface area contributed by atoms with Crippen molar-refractivity contribution in [1.82, 2.24) is 5.32 Å². The number of amides is 2. The molecular weight excluding hydrogens is 256 g/mol. The molecule has 0 radical (unpaired) electrons. The Morgan fingerprint density at radius 2 is 2.10 bits per heavy atom. The van der Waals surface area contributed by atoms with Crippen molar-refractivity contribution in [3.05, 3.63) is 30.3 Å². The Labute approximate surface area is 118 Å². The van der Waals surface area contributed by atoms with Crippen molar-refractivity contribution >= 4 is 18.0 Å². The molecular formula is C15H20N2O3. The topological polar surface area (TPSA) is 69.6 Å². The first-order chi connectivity index (χ1) is 9.63. The van der Waals surface area contributed by atoms with E-state index in [2.05, 4.69) is 5.32 Å². The van der Waals surface area contributed by atoms with Crippen LogP contribution >= 0.6 is 0 Å². The standard InChI is InChI=1S/C15H20N2O3/c1-11(14(19)15(20)16-9-12-7-8-12)17(10-18)13-5-3-2-4-6-13/h2-6,10-12,14,19H,7-9H2,1H3,(H,16,20). The van der Waals surface area contributed by atoms with Gasteiger partial charge >= 0.3 is 0 Å². The quantitative estimate of drug-likeness (QED) is 0.728. The largest absolute Gasteiger partial charge is 0.381 e. The van der Waals surface area contributed by atoms with Gasteiger partial charge in [0.25, 0.3) is 5.91 Å². The minimum Gasteiger partial charge on any atom is -0.381 e. The van der Waals surface area contributed by atoms with Gasteiger partial charge in [0.05, 0.1) is 6.04 Å².